The topological polar surface area (TPSA) is 237 Å². The minimum atomic E-state index is -1.61. The van der Waals surface area contributed by atoms with Crippen molar-refractivity contribution >= 4 is 23.8 Å². The largest absolute Gasteiger partial charge is 0.480 e. The van der Waals surface area contributed by atoms with Crippen LogP contribution in [0.3, 0.4) is 0 Å². The number of nitrogens with zero attached hydrogens (tertiary/aromatic N) is 3. The monoisotopic (exact) mass is 603 g/mol. The molecule has 1 atom stereocenters. The Morgan fingerprint density at radius 3 is 1.64 bits per heavy atom. The molecule has 1 aliphatic rings. The third-order valence-electron chi connectivity index (χ3n) is 8.05. The van der Waals surface area contributed by atoms with Crippen molar-refractivity contribution in [1.29, 1.82) is 0 Å². The van der Waals surface area contributed by atoms with Gasteiger partial charge in [0.05, 0.1) is 25.2 Å². The van der Waals surface area contributed by atoms with Crippen LogP contribution in [0.4, 0.5) is 0 Å². The van der Waals surface area contributed by atoms with Gasteiger partial charge in [-0.25, -0.2) is 0 Å². The van der Waals surface area contributed by atoms with Gasteiger partial charge in [0.2, 0.25) is 5.91 Å². The Morgan fingerprint density at radius 2 is 1.19 bits per heavy atom. The normalized spacial score (nSPS) is 20.4. The van der Waals surface area contributed by atoms with Crippen molar-refractivity contribution in [2.75, 3.05) is 85.3 Å². The van der Waals surface area contributed by atoms with Crippen LogP contribution in [-0.4, -0.2) is 160 Å². The first-order chi connectivity index (χ1) is 19.9. The van der Waals surface area contributed by atoms with Crippen LogP contribution in [0, 0.1) is 5.41 Å². The average molecular weight is 604 g/mol. The third kappa shape index (κ3) is 10.9. The van der Waals surface area contributed by atoms with Gasteiger partial charge < -0.3 is 41.7 Å². The number of carbonyl (C=O) groups excluding carboxylic acids is 1. The summed E-state index contributed by atoms with van der Waals surface area (Å²) in [5.74, 6) is -4.37. The Labute approximate surface area is 246 Å². The SMILES string of the molecule is C=C(C(N)=O)C1(C(CCCO)(CCCO)CCCO)CN(CC(=O)O)CCN(CC(=O)O)CCNCCN1CC(=O)O. The van der Waals surface area contributed by atoms with Crippen molar-refractivity contribution in [2.45, 2.75) is 44.1 Å². The zero-order valence-electron chi connectivity index (χ0n) is 24.4. The van der Waals surface area contributed by atoms with Crippen LogP contribution in [0.2, 0.25) is 0 Å². The molecule has 0 aromatic heterocycles. The summed E-state index contributed by atoms with van der Waals surface area (Å²) in [5, 5.41) is 62.1. The van der Waals surface area contributed by atoms with Crippen molar-refractivity contribution < 1.29 is 49.8 Å². The van der Waals surface area contributed by atoms with E-state index in [1.807, 2.05) is 0 Å². The maximum absolute atomic E-state index is 13.1. The lowest BCUT2D eigenvalue weighted by Gasteiger charge is -2.58. The Bertz CT molecular complexity index is 883. The minimum Gasteiger partial charge on any atom is -0.480 e. The van der Waals surface area contributed by atoms with Gasteiger partial charge in [0, 0.05) is 71.2 Å². The van der Waals surface area contributed by atoms with Crippen molar-refractivity contribution in [1.82, 2.24) is 20.0 Å². The number of carboxylic acids is 3. The second-order valence-corrected chi connectivity index (χ2v) is 10.8. The van der Waals surface area contributed by atoms with Gasteiger partial charge in [0.25, 0.3) is 0 Å². The molecule has 1 rings (SSSR count). The minimum absolute atomic E-state index is 0.0599. The summed E-state index contributed by atoms with van der Waals surface area (Å²) in [6, 6.07) is 0. The Balaban J connectivity index is 4.08. The van der Waals surface area contributed by atoms with E-state index < -0.39 is 47.9 Å². The molecule has 15 heteroatoms. The van der Waals surface area contributed by atoms with Crippen molar-refractivity contribution in [3.05, 3.63) is 12.2 Å². The first-order valence-corrected chi connectivity index (χ1v) is 14.3. The molecule has 1 unspecified atom stereocenters. The lowest BCUT2D eigenvalue weighted by molar-refractivity contribution is -0.146. The van der Waals surface area contributed by atoms with Crippen LogP contribution < -0.4 is 11.1 Å². The quantitative estimate of drug-likeness (QED) is 0.0779. The van der Waals surface area contributed by atoms with E-state index in [1.54, 1.807) is 9.80 Å². The van der Waals surface area contributed by atoms with Gasteiger partial charge in [-0.1, -0.05) is 6.58 Å². The van der Waals surface area contributed by atoms with E-state index in [-0.39, 0.29) is 103 Å². The fraction of sp³-hybridized carbons (Fsp3) is 0.778. The van der Waals surface area contributed by atoms with Gasteiger partial charge in [-0.15, -0.1) is 0 Å². The van der Waals surface area contributed by atoms with Crippen molar-refractivity contribution in [3.63, 3.8) is 0 Å². The third-order valence-corrected chi connectivity index (χ3v) is 8.05. The van der Waals surface area contributed by atoms with Crippen LogP contribution in [0.5, 0.6) is 0 Å². The Morgan fingerprint density at radius 1 is 0.738 bits per heavy atom. The lowest BCUT2D eigenvalue weighted by Crippen LogP contribution is -2.70. The second-order valence-electron chi connectivity index (χ2n) is 10.8. The molecular weight excluding hydrogens is 554 g/mol. The molecule has 42 heavy (non-hydrogen) atoms. The van der Waals surface area contributed by atoms with Gasteiger partial charge in [-0.05, 0) is 43.9 Å². The summed E-state index contributed by atoms with van der Waals surface area (Å²) in [7, 11) is 0. The maximum Gasteiger partial charge on any atom is 0.317 e. The molecule has 0 aliphatic carbocycles. The van der Waals surface area contributed by atoms with Gasteiger partial charge in [0.1, 0.15) is 0 Å². The molecule has 1 aliphatic heterocycles. The summed E-state index contributed by atoms with van der Waals surface area (Å²) in [4.78, 5) is 53.7. The van der Waals surface area contributed by atoms with E-state index >= 15 is 0 Å². The lowest BCUT2D eigenvalue weighted by atomic mass is 9.57. The number of nitrogens with two attached hydrogens (primary N) is 1. The number of primary amides is 1. The fourth-order valence-corrected chi connectivity index (χ4v) is 6.28. The smallest absolute Gasteiger partial charge is 0.317 e. The predicted molar refractivity (Wildman–Crippen MR) is 153 cm³/mol. The summed E-state index contributed by atoms with van der Waals surface area (Å²) < 4.78 is 0. The molecule has 0 aromatic rings. The molecule has 0 saturated carbocycles. The number of aliphatic hydroxyl groups excluding tert-OH is 3. The first-order valence-electron chi connectivity index (χ1n) is 14.3. The molecule has 15 nitrogen and oxygen atoms in total. The number of carbonyl (C=O) groups is 4. The van der Waals surface area contributed by atoms with E-state index in [2.05, 4.69) is 11.9 Å². The Kier molecular flexibility index (Phi) is 16.7. The number of carboxylic acid groups (broad SMARTS) is 3. The number of rotatable bonds is 18. The highest BCUT2D eigenvalue weighted by atomic mass is 16.4. The molecule has 0 aromatic carbocycles. The number of hydrogen-bond acceptors (Lipinski definition) is 11. The molecule has 9 N–H and O–H groups in total. The molecule has 242 valence electrons. The Hall–Kier alpha value is -2.66. The van der Waals surface area contributed by atoms with Gasteiger partial charge >= 0.3 is 17.9 Å². The maximum atomic E-state index is 13.1. The van der Waals surface area contributed by atoms with Crippen molar-refractivity contribution in [2.24, 2.45) is 11.1 Å². The van der Waals surface area contributed by atoms with Crippen molar-refractivity contribution in [3.8, 4) is 0 Å². The molecule has 1 saturated heterocycles. The molecule has 0 spiro atoms. The molecule has 1 amide bonds. The standard InChI is InChI=1S/C27H49N5O10/c1-21(25(28)42)27(26(5-2-14-33,6-3-15-34)7-4-16-35)20-31(18-23(38)39)13-12-30(17-22(36)37)10-8-29-9-11-32(27)19-24(40)41/h29,33-35H,1-20H2,(H2,28,42)(H,36,37)(H,38,39)(H,40,41). The summed E-state index contributed by atoms with van der Waals surface area (Å²) in [6.07, 6.45) is 1.38. The molecule has 1 heterocycles. The van der Waals surface area contributed by atoms with Crippen LogP contribution in [0.1, 0.15) is 38.5 Å². The summed E-state index contributed by atoms with van der Waals surface area (Å²) >= 11 is 0. The molecule has 1 fully saturated rings. The summed E-state index contributed by atoms with van der Waals surface area (Å²) in [5.41, 5.74) is 3.04. The predicted octanol–water partition coefficient (Wildman–Crippen LogP) is -2.17. The highest BCUT2D eigenvalue weighted by Crippen LogP contribution is 2.52. The van der Waals surface area contributed by atoms with Crippen LogP contribution in [0.25, 0.3) is 0 Å². The van der Waals surface area contributed by atoms with Gasteiger partial charge in [-0.3, -0.25) is 33.9 Å². The zero-order valence-corrected chi connectivity index (χ0v) is 24.4. The number of aliphatic carboxylic acids is 3. The fourth-order valence-electron chi connectivity index (χ4n) is 6.28. The average Bonchev–Trinajstić information content (AvgIpc) is 2.91. The van der Waals surface area contributed by atoms with Crippen LogP contribution >= 0.6 is 0 Å². The number of aliphatic hydroxyl groups is 3. The van der Waals surface area contributed by atoms with E-state index in [0.717, 1.165) is 0 Å². The van der Waals surface area contributed by atoms with E-state index in [9.17, 15) is 49.8 Å². The molecule has 0 radical (unpaired) electrons. The highest BCUT2D eigenvalue weighted by molar-refractivity contribution is 5.94. The summed E-state index contributed by atoms with van der Waals surface area (Å²) in [6.45, 7) is 3.03. The highest BCUT2D eigenvalue weighted by Gasteiger charge is 2.57. The van der Waals surface area contributed by atoms with Crippen LogP contribution in [0.15, 0.2) is 12.2 Å². The zero-order chi connectivity index (χ0) is 31.8. The van der Waals surface area contributed by atoms with Crippen LogP contribution in [-0.2, 0) is 19.2 Å². The number of hydrogen-bond donors (Lipinski definition) is 8. The van der Waals surface area contributed by atoms with E-state index in [4.69, 9.17) is 5.73 Å². The molecular formula is C27H49N5O10. The number of amides is 1. The van der Waals surface area contributed by atoms with Gasteiger partial charge in [-0.2, -0.15) is 0 Å². The molecule has 0 bridgehead atoms. The second kappa shape index (κ2) is 18.8. The van der Waals surface area contributed by atoms with Gasteiger partial charge in [0.15, 0.2) is 0 Å². The van der Waals surface area contributed by atoms with E-state index in [1.165, 1.54) is 4.90 Å². The number of nitrogens with one attached hydrogen (secondary N) is 1. The first kappa shape index (κ1) is 37.4. The van der Waals surface area contributed by atoms with E-state index in [0.29, 0.717) is 13.1 Å².